The molecule has 1 rings (SSSR count). The van der Waals surface area contributed by atoms with Gasteiger partial charge in [-0.1, -0.05) is 32.9 Å². The van der Waals surface area contributed by atoms with E-state index in [0.29, 0.717) is 12.0 Å². The number of hydrogen-bond acceptors (Lipinski definition) is 6. The van der Waals surface area contributed by atoms with Crippen LogP contribution in [0.5, 0.6) is 11.5 Å². The summed E-state index contributed by atoms with van der Waals surface area (Å²) < 4.78 is 11.2. The first-order valence-corrected chi connectivity index (χ1v) is 8.51. The summed E-state index contributed by atoms with van der Waals surface area (Å²) in [5.41, 5.74) is -1.94. The SMILES string of the molecule is CCC(CC)Oc1ccccc1OC(=O)C(CC)(CCC=O)[N+](=O)[O-]. The highest BCUT2D eigenvalue weighted by Crippen LogP contribution is 2.31. The average molecular weight is 351 g/mol. The molecule has 7 nitrogen and oxygen atoms in total. The fourth-order valence-corrected chi connectivity index (χ4v) is 2.48. The van der Waals surface area contributed by atoms with Gasteiger partial charge >= 0.3 is 11.5 Å². The van der Waals surface area contributed by atoms with Gasteiger partial charge in [-0.3, -0.25) is 10.1 Å². The second kappa shape index (κ2) is 9.76. The first-order chi connectivity index (χ1) is 11.9. The fourth-order valence-electron chi connectivity index (χ4n) is 2.48. The Balaban J connectivity index is 3.08. The van der Waals surface area contributed by atoms with Gasteiger partial charge in [0.15, 0.2) is 11.5 Å². The molecule has 0 aliphatic carbocycles. The molecular formula is C18H25NO6. The molecule has 25 heavy (non-hydrogen) atoms. The minimum Gasteiger partial charge on any atom is -0.487 e. The number of nitrogens with zero attached hydrogens (tertiary/aromatic N) is 1. The van der Waals surface area contributed by atoms with Crippen LogP contribution in [0.4, 0.5) is 0 Å². The van der Waals surface area contributed by atoms with Crippen molar-refractivity contribution in [2.75, 3.05) is 0 Å². The predicted molar refractivity (Wildman–Crippen MR) is 92.4 cm³/mol. The molecule has 0 bridgehead atoms. The van der Waals surface area contributed by atoms with Crippen LogP contribution in [0, 0.1) is 10.1 Å². The third-order valence-electron chi connectivity index (χ3n) is 4.25. The maximum Gasteiger partial charge on any atom is 0.390 e. The Morgan fingerprint density at radius 1 is 1.24 bits per heavy atom. The smallest absolute Gasteiger partial charge is 0.390 e. The molecule has 0 saturated carbocycles. The normalized spacial score (nSPS) is 13.1. The van der Waals surface area contributed by atoms with E-state index in [1.54, 1.807) is 18.2 Å². The van der Waals surface area contributed by atoms with Crippen molar-refractivity contribution in [3.8, 4) is 11.5 Å². The van der Waals surface area contributed by atoms with Crippen LogP contribution in [0.15, 0.2) is 24.3 Å². The van der Waals surface area contributed by atoms with Crippen LogP contribution in [0.2, 0.25) is 0 Å². The van der Waals surface area contributed by atoms with Gasteiger partial charge in [0.1, 0.15) is 6.29 Å². The largest absolute Gasteiger partial charge is 0.487 e. The summed E-state index contributed by atoms with van der Waals surface area (Å²) in [6.45, 7) is 5.50. The highest BCUT2D eigenvalue weighted by atomic mass is 16.6. The lowest BCUT2D eigenvalue weighted by Crippen LogP contribution is -2.48. The lowest BCUT2D eigenvalue weighted by molar-refractivity contribution is -0.556. The molecule has 0 aliphatic heterocycles. The van der Waals surface area contributed by atoms with Crippen molar-refractivity contribution >= 4 is 12.3 Å². The summed E-state index contributed by atoms with van der Waals surface area (Å²) in [5.74, 6) is -0.471. The third kappa shape index (κ3) is 5.01. The lowest BCUT2D eigenvalue weighted by Gasteiger charge is -2.22. The molecule has 0 aromatic heterocycles. The molecule has 0 radical (unpaired) electrons. The number of ether oxygens (including phenoxy) is 2. The van der Waals surface area contributed by atoms with E-state index in [1.165, 1.54) is 13.0 Å². The zero-order chi connectivity index (χ0) is 18.9. The van der Waals surface area contributed by atoms with Crippen LogP contribution in [0.1, 0.15) is 52.9 Å². The van der Waals surface area contributed by atoms with E-state index in [9.17, 15) is 19.7 Å². The van der Waals surface area contributed by atoms with E-state index >= 15 is 0 Å². The van der Waals surface area contributed by atoms with Gasteiger partial charge in [-0.05, 0) is 25.0 Å². The maximum atomic E-state index is 12.6. The van der Waals surface area contributed by atoms with Crippen LogP contribution in [0.3, 0.4) is 0 Å². The number of carbonyl (C=O) groups excluding carboxylic acids is 2. The van der Waals surface area contributed by atoms with Crippen molar-refractivity contribution in [2.45, 2.75) is 64.5 Å². The van der Waals surface area contributed by atoms with E-state index in [4.69, 9.17) is 9.47 Å². The number of nitro groups is 1. The molecule has 0 N–H and O–H groups in total. The standard InChI is InChI=1S/C18H25NO6/c1-4-14(5-2)24-15-10-7-8-11-16(15)25-17(21)18(6-3,19(22)23)12-9-13-20/h7-8,10-11,13-14H,4-6,9,12H2,1-3H3. The molecule has 0 fully saturated rings. The Bertz CT molecular complexity index is 599. The van der Waals surface area contributed by atoms with Crippen molar-refractivity contribution < 1.29 is 24.0 Å². The number of para-hydroxylation sites is 2. The van der Waals surface area contributed by atoms with Gasteiger partial charge in [-0.25, -0.2) is 4.79 Å². The van der Waals surface area contributed by atoms with Crippen LogP contribution < -0.4 is 9.47 Å². The minimum atomic E-state index is -1.94. The summed E-state index contributed by atoms with van der Waals surface area (Å²) in [4.78, 5) is 34.0. The van der Waals surface area contributed by atoms with Crippen LogP contribution >= 0.6 is 0 Å². The Hall–Kier alpha value is -2.44. The third-order valence-corrected chi connectivity index (χ3v) is 4.25. The van der Waals surface area contributed by atoms with Crippen LogP contribution in [0.25, 0.3) is 0 Å². The molecule has 1 aromatic carbocycles. The summed E-state index contributed by atoms with van der Waals surface area (Å²) >= 11 is 0. The van der Waals surface area contributed by atoms with Crippen LogP contribution in [-0.4, -0.2) is 28.8 Å². The quantitative estimate of drug-likeness (QED) is 0.199. The molecule has 7 heteroatoms. The second-order valence-corrected chi connectivity index (χ2v) is 5.74. The molecule has 1 aromatic rings. The van der Waals surface area contributed by atoms with Gasteiger partial charge in [0.2, 0.25) is 0 Å². The second-order valence-electron chi connectivity index (χ2n) is 5.74. The lowest BCUT2D eigenvalue weighted by atomic mass is 9.91. The summed E-state index contributed by atoms with van der Waals surface area (Å²) in [5, 5.41) is 11.5. The minimum absolute atomic E-state index is 0.0404. The number of rotatable bonds is 11. The number of esters is 1. The van der Waals surface area contributed by atoms with Gasteiger partial charge in [0.25, 0.3) is 0 Å². The molecule has 1 unspecified atom stereocenters. The number of aldehydes is 1. The topological polar surface area (TPSA) is 95.7 Å². The number of carbonyl (C=O) groups is 2. The molecular weight excluding hydrogens is 326 g/mol. The highest BCUT2D eigenvalue weighted by Gasteiger charge is 2.51. The van der Waals surface area contributed by atoms with Crippen LogP contribution in [-0.2, 0) is 9.59 Å². The zero-order valence-corrected chi connectivity index (χ0v) is 14.9. The first-order valence-electron chi connectivity index (χ1n) is 8.51. The summed E-state index contributed by atoms with van der Waals surface area (Å²) in [7, 11) is 0. The zero-order valence-electron chi connectivity index (χ0n) is 14.9. The molecule has 1 atom stereocenters. The van der Waals surface area contributed by atoms with Gasteiger partial charge < -0.3 is 14.3 Å². The Morgan fingerprint density at radius 3 is 2.32 bits per heavy atom. The van der Waals surface area contributed by atoms with E-state index < -0.39 is 16.4 Å². The molecule has 0 aliphatic rings. The Labute approximate surface area is 147 Å². The Kier molecular flexibility index (Phi) is 8.04. The van der Waals surface area contributed by atoms with Crippen molar-refractivity contribution in [1.82, 2.24) is 0 Å². The van der Waals surface area contributed by atoms with E-state index in [0.717, 1.165) is 12.8 Å². The fraction of sp³-hybridized carbons (Fsp3) is 0.556. The molecule has 0 saturated heterocycles. The van der Waals surface area contributed by atoms with E-state index in [-0.39, 0.29) is 31.1 Å². The van der Waals surface area contributed by atoms with Gasteiger partial charge in [-0.15, -0.1) is 0 Å². The van der Waals surface area contributed by atoms with Crippen molar-refractivity contribution in [3.05, 3.63) is 34.4 Å². The van der Waals surface area contributed by atoms with E-state index in [2.05, 4.69) is 0 Å². The number of benzene rings is 1. The molecule has 0 spiro atoms. The maximum absolute atomic E-state index is 12.6. The van der Waals surface area contributed by atoms with Crippen molar-refractivity contribution in [2.24, 2.45) is 0 Å². The summed E-state index contributed by atoms with van der Waals surface area (Å²) in [6, 6.07) is 6.59. The van der Waals surface area contributed by atoms with Gasteiger partial charge in [-0.2, -0.15) is 0 Å². The van der Waals surface area contributed by atoms with Gasteiger partial charge in [0.05, 0.1) is 6.10 Å². The first kappa shape index (κ1) is 20.6. The van der Waals surface area contributed by atoms with E-state index in [1.807, 2.05) is 13.8 Å². The van der Waals surface area contributed by atoms with Crippen molar-refractivity contribution in [1.29, 1.82) is 0 Å². The summed E-state index contributed by atoms with van der Waals surface area (Å²) in [6.07, 6.45) is 1.73. The molecule has 0 heterocycles. The average Bonchev–Trinajstić information content (AvgIpc) is 2.61. The predicted octanol–water partition coefficient (Wildman–Crippen LogP) is 3.56. The van der Waals surface area contributed by atoms with Gasteiger partial charge in [0, 0.05) is 24.2 Å². The highest BCUT2D eigenvalue weighted by molar-refractivity contribution is 5.82. The number of hydrogen-bond donors (Lipinski definition) is 0. The Morgan fingerprint density at radius 2 is 1.84 bits per heavy atom. The molecule has 138 valence electrons. The van der Waals surface area contributed by atoms with Crippen molar-refractivity contribution in [3.63, 3.8) is 0 Å². The molecule has 0 amide bonds. The monoisotopic (exact) mass is 351 g/mol.